The van der Waals surface area contributed by atoms with Gasteiger partial charge in [0.2, 0.25) is 11.8 Å². The van der Waals surface area contributed by atoms with E-state index < -0.39 is 10.8 Å². The van der Waals surface area contributed by atoms with Crippen molar-refractivity contribution < 1.29 is 13.8 Å². The fourth-order valence-corrected chi connectivity index (χ4v) is 3.96. The minimum atomic E-state index is -0.889. The minimum absolute atomic E-state index is 0.110. The van der Waals surface area contributed by atoms with Crippen LogP contribution < -0.4 is 5.32 Å². The van der Waals surface area contributed by atoms with Crippen LogP contribution >= 0.6 is 0 Å². The van der Waals surface area contributed by atoms with Crippen molar-refractivity contribution >= 4 is 28.3 Å². The summed E-state index contributed by atoms with van der Waals surface area (Å²) >= 11 is 0. The molecule has 1 aliphatic heterocycles. The standard InChI is InChI=1S/C19H26N2O3S/c1-4-17(22)20-16-8-5-15(6-9-16)7-10-18(23)21-12-11-19(2,3)25(24)14-13-21/h4-6,8-9H,1,7,10-14H2,2-3H3,(H,20,22). The number of nitrogens with zero attached hydrogens (tertiary/aromatic N) is 1. The van der Waals surface area contributed by atoms with Crippen molar-refractivity contribution in [3.8, 4) is 0 Å². The third-order valence-corrected chi connectivity index (χ3v) is 6.52. The summed E-state index contributed by atoms with van der Waals surface area (Å²) in [5.41, 5.74) is 1.75. The second-order valence-electron chi connectivity index (χ2n) is 6.83. The van der Waals surface area contributed by atoms with Gasteiger partial charge in [0.05, 0.1) is 0 Å². The summed E-state index contributed by atoms with van der Waals surface area (Å²) in [5.74, 6) is 0.416. The Morgan fingerprint density at radius 1 is 1.28 bits per heavy atom. The Morgan fingerprint density at radius 3 is 2.60 bits per heavy atom. The molecule has 136 valence electrons. The van der Waals surface area contributed by atoms with Crippen LogP contribution in [0.25, 0.3) is 0 Å². The smallest absolute Gasteiger partial charge is 0.247 e. The number of amides is 2. The zero-order valence-corrected chi connectivity index (χ0v) is 15.7. The molecule has 0 bridgehead atoms. The summed E-state index contributed by atoms with van der Waals surface area (Å²) in [5, 5.41) is 2.69. The van der Waals surface area contributed by atoms with E-state index in [0.29, 0.717) is 37.4 Å². The molecule has 0 saturated carbocycles. The predicted octanol–water partition coefficient (Wildman–Crippen LogP) is 2.50. The molecule has 0 aliphatic carbocycles. The van der Waals surface area contributed by atoms with Gasteiger partial charge in [0.15, 0.2) is 0 Å². The number of hydrogen-bond acceptors (Lipinski definition) is 3. The fraction of sp³-hybridized carbons (Fsp3) is 0.474. The number of carbonyl (C=O) groups excluding carboxylic acids is 2. The molecule has 1 N–H and O–H groups in total. The highest BCUT2D eigenvalue weighted by Gasteiger charge is 2.31. The summed E-state index contributed by atoms with van der Waals surface area (Å²) in [6, 6.07) is 7.46. The van der Waals surface area contributed by atoms with Crippen molar-refractivity contribution in [1.29, 1.82) is 0 Å². The summed E-state index contributed by atoms with van der Waals surface area (Å²) in [6.07, 6.45) is 3.08. The van der Waals surface area contributed by atoms with Crippen LogP contribution in [0.5, 0.6) is 0 Å². The van der Waals surface area contributed by atoms with Gasteiger partial charge in [0.25, 0.3) is 0 Å². The van der Waals surface area contributed by atoms with Gasteiger partial charge in [0, 0.05) is 46.5 Å². The molecule has 1 heterocycles. The highest BCUT2D eigenvalue weighted by Crippen LogP contribution is 2.22. The zero-order valence-electron chi connectivity index (χ0n) is 14.9. The van der Waals surface area contributed by atoms with Crippen LogP contribution in [-0.2, 0) is 26.8 Å². The lowest BCUT2D eigenvalue weighted by Crippen LogP contribution is -2.33. The normalized spacial score (nSPS) is 19.8. The van der Waals surface area contributed by atoms with Crippen LogP contribution in [0, 0.1) is 0 Å². The van der Waals surface area contributed by atoms with Gasteiger partial charge in [-0.2, -0.15) is 0 Å². The van der Waals surface area contributed by atoms with E-state index in [1.54, 1.807) is 0 Å². The van der Waals surface area contributed by atoms with Gasteiger partial charge < -0.3 is 10.2 Å². The maximum absolute atomic E-state index is 12.5. The number of nitrogens with one attached hydrogen (secondary N) is 1. The van der Waals surface area contributed by atoms with E-state index in [1.807, 2.05) is 43.0 Å². The molecular formula is C19H26N2O3S. The zero-order chi connectivity index (χ0) is 18.4. The van der Waals surface area contributed by atoms with Crippen LogP contribution in [0.15, 0.2) is 36.9 Å². The Hall–Kier alpha value is -1.95. The second kappa shape index (κ2) is 8.43. The van der Waals surface area contributed by atoms with E-state index in [4.69, 9.17) is 0 Å². The number of anilines is 1. The van der Waals surface area contributed by atoms with Crippen molar-refractivity contribution in [2.75, 3.05) is 24.2 Å². The van der Waals surface area contributed by atoms with Crippen molar-refractivity contribution in [1.82, 2.24) is 4.90 Å². The van der Waals surface area contributed by atoms with Crippen LogP contribution in [0.2, 0.25) is 0 Å². The number of hydrogen-bond donors (Lipinski definition) is 1. The quantitative estimate of drug-likeness (QED) is 0.819. The topological polar surface area (TPSA) is 66.5 Å². The van der Waals surface area contributed by atoms with Gasteiger partial charge in [-0.3, -0.25) is 13.8 Å². The molecule has 1 fully saturated rings. The van der Waals surface area contributed by atoms with E-state index in [9.17, 15) is 13.8 Å². The SMILES string of the molecule is C=CC(=O)Nc1ccc(CCC(=O)N2CCS(=O)C(C)(C)CC2)cc1. The van der Waals surface area contributed by atoms with Crippen molar-refractivity contribution in [2.45, 2.75) is 37.9 Å². The van der Waals surface area contributed by atoms with Crippen molar-refractivity contribution in [3.63, 3.8) is 0 Å². The first-order valence-electron chi connectivity index (χ1n) is 8.50. The molecule has 0 radical (unpaired) electrons. The van der Waals surface area contributed by atoms with Gasteiger partial charge in [-0.05, 0) is 50.5 Å². The molecule has 1 unspecified atom stereocenters. The van der Waals surface area contributed by atoms with E-state index >= 15 is 0 Å². The van der Waals surface area contributed by atoms with Crippen molar-refractivity contribution in [2.24, 2.45) is 0 Å². The Labute approximate surface area is 151 Å². The van der Waals surface area contributed by atoms with Gasteiger partial charge >= 0.3 is 0 Å². The molecule has 1 aliphatic rings. The van der Waals surface area contributed by atoms with Crippen LogP contribution in [0.1, 0.15) is 32.3 Å². The molecule has 6 heteroatoms. The molecule has 5 nitrogen and oxygen atoms in total. The number of benzene rings is 1. The van der Waals surface area contributed by atoms with Crippen LogP contribution in [0.4, 0.5) is 5.69 Å². The summed E-state index contributed by atoms with van der Waals surface area (Å²) in [4.78, 5) is 25.5. The van der Waals surface area contributed by atoms with Gasteiger partial charge in [-0.1, -0.05) is 18.7 Å². The summed E-state index contributed by atoms with van der Waals surface area (Å²) < 4.78 is 11.9. The second-order valence-corrected chi connectivity index (χ2v) is 9.03. The first kappa shape index (κ1) is 19.4. The first-order valence-corrected chi connectivity index (χ1v) is 9.82. The molecular weight excluding hydrogens is 336 g/mol. The van der Waals surface area contributed by atoms with Gasteiger partial charge in [-0.15, -0.1) is 0 Å². The highest BCUT2D eigenvalue weighted by molar-refractivity contribution is 7.86. The monoisotopic (exact) mass is 362 g/mol. The molecule has 2 rings (SSSR count). The molecule has 2 amide bonds. The summed E-state index contributed by atoms with van der Waals surface area (Å²) in [6.45, 7) is 8.66. The molecule has 1 saturated heterocycles. The van der Waals surface area contributed by atoms with E-state index in [2.05, 4.69) is 11.9 Å². The Kier molecular flexibility index (Phi) is 6.53. The molecule has 1 atom stereocenters. The van der Waals surface area contributed by atoms with E-state index in [1.165, 1.54) is 6.08 Å². The molecule has 25 heavy (non-hydrogen) atoms. The van der Waals surface area contributed by atoms with Crippen LogP contribution in [-0.4, -0.2) is 44.5 Å². The number of rotatable bonds is 5. The summed E-state index contributed by atoms with van der Waals surface area (Å²) in [7, 11) is -0.889. The lowest BCUT2D eigenvalue weighted by molar-refractivity contribution is -0.131. The predicted molar refractivity (Wildman–Crippen MR) is 102 cm³/mol. The van der Waals surface area contributed by atoms with Crippen LogP contribution in [0.3, 0.4) is 0 Å². The molecule has 1 aromatic carbocycles. The fourth-order valence-electron chi connectivity index (χ4n) is 2.71. The van der Waals surface area contributed by atoms with Crippen molar-refractivity contribution in [3.05, 3.63) is 42.5 Å². The van der Waals surface area contributed by atoms with E-state index in [0.717, 1.165) is 12.0 Å². The third kappa shape index (κ3) is 5.53. The average molecular weight is 362 g/mol. The van der Waals surface area contributed by atoms with Gasteiger partial charge in [0.1, 0.15) is 0 Å². The van der Waals surface area contributed by atoms with Gasteiger partial charge in [-0.25, -0.2) is 0 Å². The third-order valence-electron chi connectivity index (χ3n) is 4.53. The number of carbonyl (C=O) groups is 2. The molecule has 1 aromatic rings. The Morgan fingerprint density at radius 2 is 1.96 bits per heavy atom. The highest BCUT2D eigenvalue weighted by atomic mass is 32.2. The Bertz CT molecular complexity index is 668. The first-order chi connectivity index (χ1) is 11.8. The van der Waals surface area contributed by atoms with E-state index in [-0.39, 0.29) is 16.6 Å². The number of aryl methyl sites for hydroxylation is 1. The lowest BCUT2D eigenvalue weighted by atomic mass is 10.1. The Balaban J connectivity index is 1.86. The minimum Gasteiger partial charge on any atom is -0.342 e. The lowest BCUT2D eigenvalue weighted by Gasteiger charge is -2.22. The largest absolute Gasteiger partial charge is 0.342 e. The maximum Gasteiger partial charge on any atom is 0.247 e. The maximum atomic E-state index is 12.5. The molecule has 0 spiro atoms. The molecule has 0 aromatic heterocycles. The average Bonchev–Trinajstić information content (AvgIpc) is 2.73.